The van der Waals surface area contributed by atoms with Gasteiger partial charge in [0.15, 0.2) is 11.5 Å². The molecule has 172 valence electrons. The van der Waals surface area contributed by atoms with E-state index in [1.807, 2.05) is 24.3 Å². The highest BCUT2D eigenvalue weighted by atomic mass is 79.9. The second-order valence-electron chi connectivity index (χ2n) is 7.17. The van der Waals surface area contributed by atoms with E-state index < -0.39 is 5.97 Å². The predicted octanol–water partition coefficient (Wildman–Crippen LogP) is 6.57. The van der Waals surface area contributed by atoms with Crippen LogP contribution in [-0.2, 0) is 11.3 Å². The lowest BCUT2D eigenvalue weighted by Gasteiger charge is -2.12. The van der Waals surface area contributed by atoms with Gasteiger partial charge in [0.2, 0.25) is 0 Å². The van der Waals surface area contributed by atoms with Crippen LogP contribution in [0.3, 0.4) is 0 Å². The van der Waals surface area contributed by atoms with E-state index in [4.69, 9.17) is 21.1 Å². The maximum atomic E-state index is 12.8. The number of methoxy groups -OCH3 is 1. The molecular weight excluding hydrogens is 542 g/mol. The van der Waals surface area contributed by atoms with Crippen LogP contribution >= 0.6 is 39.3 Å². The van der Waals surface area contributed by atoms with Crippen molar-refractivity contribution >= 4 is 62.5 Å². The molecule has 0 atom stereocenters. The van der Waals surface area contributed by atoms with E-state index in [0.29, 0.717) is 16.2 Å². The highest BCUT2D eigenvalue weighted by molar-refractivity contribution is 9.10. The molecule has 0 radical (unpaired) electrons. The molecular formula is C25H17BrClNO5S. The largest absolute Gasteiger partial charge is 0.493 e. The molecule has 0 saturated carbocycles. The summed E-state index contributed by atoms with van der Waals surface area (Å²) in [5.41, 5.74) is 1.69. The monoisotopic (exact) mass is 557 g/mol. The number of imide groups is 1. The topological polar surface area (TPSA) is 72.9 Å². The maximum absolute atomic E-state index is 12.8. The minimum atomic E-state index is -0.620. The summed E-state index contributed by atoms with van der Waals surface area (Å²) in [6.45, 7) is 0.190. The first-order valence-corrected chi connectivity index (χ1v) is 12.0. The van der Waals surface area contributed by atoms with Gasteiger partial charge in [-0.25, -0.2) is 4.79 Å². The lowest BCUT2D eigenvalue weighted by atomic mass is 10.1. The molecule has 4 rings (SSSR count). The number of carbonyl (C=O) groups is 3. The van der Waals surface area contributed by atoms with Crippen molar-refractivity contribution in [2.24, 2.45) is 0 Å². The SMILES string of the molecule is COc1cc(/C=C2\SC(=O)N(Cc3ccc(Br)cc3)C2=O)ccc1OC(=O)c1ccccc1Cl. The number of ether oxygens (including phenoxy) is 2. The molecule has 1 saturated heterocycles. The van der Waals surface area contributed by atoms with Gasteiger partial charge in [-0.2, -0.15) is 0 Å². The Balaban J connectivity index is 1.52. The Morgan fingerprint density at radius 3 is 2.50 bits per heavy atom. The first kappa shape index (κ1) is 24.1. The lowest BCUT2D eigenvalue weighted by Crippen LogP contribution is -2.27. The Bertz CT molecular complexity index is 1310. The summed E-state index contributed by atoms with van der Waals surface area (Å²) >= 11 is 10.3. The minimum absolute atomic E-state index is 0.190. The predicted molar refractivity (Wildman–Crippen MR) is 135 cm³/mol. The number of hydrogen-bond donors (Lipinski definition) is 0. The molecule has 9 heteroatoms. The Morgan fingerprint density at radius 1 is 1.06 bits per heavy atom. The van der Waals surface area contributed by atoms with Crippen LogP contribution in [0.5, 0.6) is 11.5 Å². The molecule has 6 nitrogen and oxygen atoms in total. The number of carbonyl (C=O) groups excluding carboxylic acids is 3. The third-order valence-corrected chi connectivity index (χ3v) is 6.68. The van der Waals surface area contributed by atoms with Gasteiger partial charge in [0, 0.05) is 4.47 Å². The first-order valence-electron chi connectivity index (χ1n) is 10.0. The van der Waals surface area contributed by atoms with Crippen LogP contribution in [0.25, 0.3) is 6.08 Å². The van der Waals surface area contributed by atoms with Crippen molar-refractivity contribution in [2.45, 2.75) is 6.54 Å². The fourth-order valence-electron chi connectivity index (χ4n) is 3.20. The van der Waals surface area contributed by atoms with Gasteiger partial charge in [0.25, 0.3) is 11.1 Å². The summed E-state index contributed by atoms with van der Waals surface area (Å²) in [5, 5.41) is -0.0571. The number of amides is 2. The minimum Gasteiger partial charge on any atom is -0.493 e. The normalized spacial score (nSPS) is 14.6. The zero-order chi connectivity index (χ0) is 24.2. The Labute approximate surface area is 213 Å². The zero-order valence-corrected chi connectivity index (χ0v) is 20.9. The summed E-state index contributed by atoms with van der Waals surface area (Å²) in [6.07, 6.45) is 1.61. The standard InChI is InChI=1S/C25H17BrClNO5S/c1-32-21-12-16(8-11-20(21)33-24(30)18-4-2-3-5-19(18)27)13-22-23(29)28(25(31)34-22)14-15-6-9-17(26)10-7-15/h2-13H,14H2,1H3/b22-13-. The summed E-state index contributed by atoms with van der Waals surface area (Å²) in [5.74, 6) is -0.493. The second-order valence-corrected chi connectivity index (χ2v) is 9.49. The van der Waals surface area contributed by atoms with Gasteiger partial charge in [0.05, 0.1) is 29.1 Å². The molecule has 1 heterocycles. The van der Waals surface area contributed by atoms with E-state index in [9.17, 15) is 14.4 Å². The number of halogens is 2. The van der Waals surface area contributed by atoms with Crippen LogP contribution in [0, 0.1) is 0 Å². The van der Waals surface area contributed by atoms with Crippen LogP contribution in [-0.4, -0.2) is 29.1 Å². The van der Waals surface area contributed by atoms with E-state index >= 15 is 0 Å². The van der Waals surface area contributed by atoms with Crippen LogP contribution < -0.4 is 9.47 Å². The zero-order valence-electron chi connectivity index (χ0n) is 17.8. The van der Waals surface area contributed by atoms with Crippen molar-refractivity contribution in [3.8, 4) is 11.5 Å². The highest BCUT2D eigenvalue weighted by Crippen LogP contribution is 2.35. The third-order valence-electron chi connectivity index (χ3n) is 4.91. The van der Waals surface area contributed by atoms with Gasteiger partial charge >= 0.3 is 5.97 Å². The smallest absolute Gasteiger partial charge is 0.345 e. The van der Waals surface area contributed by atoms with Crippen LogP contribution in [0.1, 0.15) is 21.5 Å². The van der Waals surface area contributed by atoms with Crippen molar-refractivity contribution in [2.75, 3.05) is 7.11 Å². The molecule has 0 bridgehead atoms. The van der Waals surface area contributed by atoms with Crippen molar-refractivity contribution < 1.29 is 23.9 Å². The van der Waals surface area contributed by atoms with Crippen LogP contribution in [0.15, 0.2) is 76.1 Å². The molecule has 1 fully saturated rings. The van der Waals surface area contributed by atoms with E-state index in [2.05, 4.69) is 15.9 Å². The lowest BCUT2D eigenvalue weighted by molar-refractivity contribution is -0.123. The Morgan fingerprint density at radius 2 is 1.79 bits per heavy atom. The van der Waals surface area contributed by atoms with Gasteiger partial charge in [-0.15, -0.1) is 0 Å². The first-order chi connectivity index (χ1) is 16.4. The van der Waals surface area contributed by atoms with Gasteiger partial charge in [0.1, 0.15) is 0 Å². The number of benzene rings is 3. The molecule has 1 aliphatic heterocycles. The van der Waals surface area contributed by atoms with Crippen LogP contribution in [0.4, 0.5) is 4.79 Å². The molecule has 0 N–H and O–H groups in total. The van der Waals surface area contributed by atoms with Crippen LogP contribution in [0.2, 0.25) is 5.02 Å². The molecule has 3 aromatic rings. The third kappa shape index (κ3) is 5.35. The van der Waals surface area contributed by atoms with E-state index in [-0.39, 0.29) is 34.0 Å². The van der Waals surface area contributed by atoms with Gasteiger partial charge in [-0.3, -0.25) is 14.5 Å². The molecule has 3 aromatic carbocycles. The number of hydrogen-bond acceptors (Lipinski definition) is 6. The maximum Gasteiger partial charge on any atom is 0.345 e. The number of nitrogens with zero attached hydrogens (tertiary/aromatic N) is 1. The molecule has 0 aromatic heterocycles. The molecule has 34 heavy (non-hydrogen) atoms. The molecule has 2 amide bonds. The van der Waals surface area contributed by atoms with Crippen molar-refractivity contribution in [1.29, 1.82) is 0 Å². The van der Waals surface area contributed by atoms with Crippen molar-refractivity contribution in [3.63, 3.8) is 0 Å². The fourth-order valence-corrected chi connectivity index (χ4v) is 4.52. The van der Waals surface area contributed by atoms with Crippen molar-refractivity contribution in [1.82, 2.24) is 4.90 Å². The molecule has 0 spiro atoms. The van der Waals surface area contributed by atoms with E-state index in [1.165, 1.54) is 12.0 Å². The molecule has 0 unspecified atom stereocenters. The molecule has 1 aliphatic rings. The molecule has 0 aliphatic carbocycles. The van der Waals surface area contributed by atoms with Gasteiger partial charge in [-0.05, 0) is 65.4 Å². The highest BCUT2D eigenvalue weighted by Gasteiger charge is 2.35. The average Bonchev–Trinajstić information content (AvgIpc) is 3.08. The Hall–Kier alpha value is -3.07. The summed E-state index contributed by atoms with van der Waals surface area (Å²) in [7, 11) is 1.44. The Kier molecular flexibility index (Phi) is 7.41. The number of thioether (sulfide) groups is 1. The quantitative estimate of drug-likeness (QED) is 0.194. The van der Waals surface area contributed by atoms with Crippen molar-refractivity contribution in [3.05, 3.63) is 97.8 Å². The second kappa shape index (κ2) is 10.5. The fraction of sp³-hybridized carbons (Fsp3) is 0.0800. The van der Waals surface area contributed by atoms with Gasteiger partial charge in [-0.1, -0.05) is 57.9 Å². The van der Waals surface area contributed by atoms with E-state index in [0.717, 1.165) is 21.8 Å². The average molecular weight is 559 g/mol. The summed E-state index contributed by atoms with van der Waals surface area (Å²) in [6, 6.07) is 18.8. The number of rotatable bonds is 6. The number of esters is 1. The summed E-state index contributed by atoms with van der Waals surface area (Å²) < 4.78 is 11.7. The summed E-state index contributed by atoms with van der Waals surface area (Å²) in [4.78, 5) is 39.3. The van der Waals surface area contributed by atoms with E-state index in [1.54, 1.807) is 48.5 Å². The van der Waals surface area contributed by atoms with Gasteiger partial charge < -0.3 is 9.47 Å².